The Kier molecular flexibility index (Phi) is 6.03. The first kappa shape index (κ1) is 21.4. The number of benzene rings is 2. The molecule has 29 heavy (non-hydrogen) atoms. The largest absolute Gasteiger partial charge is 0.438 e. The van der Waals surface area contributed by atoms with Gasteiger partial charge in [-0.2, -0.15) is 0 Å². The minimum absolute atomic E-state index is 0.117. The summed E-state index contributed by atoms with van der Waals surface area (Å²) in [4.78, 5) is 26.8. The Morgan fingerprint density at radius 1 is 1.21 bits per heavy atom. The molecule has 0 aliphatic carbocycles. The molecule has 0 unspecified atom stereocenters. The number of halogens is 1. The SMILES string of the molecule is C[C@@H](c1ccc(Br)cc1)N1CC[C@](CC(C)(C)C(N)=O)(c2ccccc2)OC1=O. The van der Waals surface area contributed by atoms with Crippen LogP contribution in [0.15, 0.2) is 59.1 Å². The van der Waals surface area contributed by atoms with E-state index in [-0.39, 0.29) is 12.1 Å². The molecule has 0 saturated carbocycles. The molecule has 1 aliphatic rings. The van der Waals surface area contributed by atoms with E-state index in [0.29, 0.717) is 19.4 Å². The van der Waals surface area contributed by atoms with Crippen LogP contribution in [-0.4, -0.2) is 23.4 Å². The Morgan fingerprint density at radius 2 is 1.83 bits per heavy atom. The Balaban J connectivity index is 1.89. The van der Waals surface area contributed by atoms with Crippen LogP contribution in [0.25, 0.3) is 0 Å². The summed E-state index contributed by atoms with van der Waals surface area (Å²) in [6, 6.07) is 17.4. The van der Waals surface area contributed by atoms with E-state index >= 15 is 0 Å². The average molecular weight is 459 g/mol. The van der Waals surface area contributed by atoms with Crippen molar-refractivity contribution in [1.29, 1.82) is 0 Å². The zero-order chi connectivity index (χ0) is 21.2. The number of hydrogen-bond donors (Lipinski definition) is 1. The van der Waals surface area contributed by atoms with Gasteiger partial charge in [0, 0.05) is 29.3 Å². The maximum Gasteiger partial charge on any atom is 0.411 e. The van der Waals surface area contributed by atoms with Gasteiger partial charge < -0.3 is 15.4 Å². The summed E-state index contributed by atoms with van der Waals surface area (Å²) >= 11 is 3.44. The number of nitrogens with zero attached hydrogens (tertiary/aromatic N) is 1. The lowest BCUT2D eigenvalue weighted by atomic mass is 9.74. The minimum Gasteiger partial charge on any atom is -0.438 e. The minimum atomic E-state index is -0.882. The smallest absolute Gasteiger partial charge is 0.411 e. The highest BCUT2D eigenvalue weighted by Crippen LogP contribution is 2.44. The molecule has 1 heterocycles. The normalized spacial score (nSPS) is 20.8. The zero-order valence-corrected chi connectivity index (χ0v) is 18.6. The second-order valence-electron chi connectivity index (χ2n) is 8.32. The summed E-state index contributed by atoms with van der Waals surface area (Å²) in [7, 11) is 0. The van der Waals surface area contributed by atoms with Crippen molar-refractivity contribution in [3.8, 4) is 0 Å². The van der Waals surface area contributed by atoms with Gasteiger partial charge in [0.05, 0.1) is 6.04 Å². The van der Waals surface area contributed by atoms with Gasteiger partial charge in [-0.1, -0.05) is 72.2 Å². The Morgan fingerprint density at radius 3 is 2.38 bits per heavy atom. The summed E-state index contributed by atoms with van der Waals surface area (Å²) in [5.74, 6) is -0.408. The van der Waals surface area contributed by atoms with E-state index in [4.69, 9.17) is 10.5 Å². The van der Waals surface area contributed by atoms with E-state index in [1.807, 2.05) is 61.5 Å². The molecule has 5 nitrogen and oxygen atoms in total. The molecular formula is C23H27BrN2O3. The van der Waals surface area contributed by atoms with Gasteiger partial charge in [0.1, 0.15) is 5.60 Å². The van der Waals surface area contributed by atoms with Crippen LogP contribution in [0.4, 0.5) is 4.79 Å². The van der Waals surface area contributed by atoms with Gasteiger partial charge in [-0.25, -0.2) is 4.79 Å². The lowest BCUT2D eigenvalue weighted by Gasteiger charge is -2.45. The van der Waals surface area contributed by atoms with Gasteiger partial charge >= 0.3 is 6.09 Å². The molecule has 0 spiro atoms. The number of nitrogens with two attached hydrogens (primary N) is 1. The van der Waals surface area contributed by atoms with Crippen molar-refractivity contribution >= 4 is 27.9 Å². The molecule has 0 aromatic heterocycles. The van der Waals surface area contributed by atoms with Crippen LogP contribution in [0, 0.1) is 5.41 Å². The number of cyclic esters (lactones) is 1. The van der Waals surface area contributed by atoms with Crippen LogP contribution < -0.4 is 5.73 Å². The lowest BCUT2D eigenvalue weighted by Crippen LogP contribution is -2.51. The van der Waals surface area contributed by atoms with Gasteiger partial charge in [-0.15, -0.1) is 0 Å². The van der Waals surface area contributed by atoms with Crippen LogP contribution in [0.1, 0.15) is 50.8 Å². The fourth-order valence-electron chi connectivity index (χ4n) is 3.91. The monoisotopic (exact) mass is 458 g/mol. The van der Waals surface area contributed by atoms with Crippen molar-refractivity contribution in [1.82, 2.24) is 4.90 Å². The average Bonchev–Trinajstić information content (AvgIpc) is 2.68. The molecule has 2 N–H and O–H groups in total. The predicted molar refractivity (Wildman–Crippen MR) is 116 cm³/mol. The highest BCUT2D eigenvalue weighted by atomic mass is 79.9. The van der Waals surface area contributed by atoms with Crippen molar-refractivity contribution < 1.29 is 14.3 Å². The van der Waals surface area contributed by atoms with E-state index in [0.717, 1.165) is 15.6 Å². The Hall–Kier alpha value is -2.34. The first-order valence-corrected chi connectivity index (χ1v) is 10.5. The summed E-state index contributed by atoms with van der Waals surface area (Å²) < 4.78 is 7.09. The second-order valence-corrected chi connectivity index (χ2v) is 9.24. The molecule has 6 heteroatoms. The molecule has 0 bridgehead atoms. The van der Waals surface area contributed by atoms with Gasteiger partial charge in [0.15, 0.2) is 0 Å². The maximum absolute atomic E-state index is 13.1. The van der Waals surface area contributed by atoms with E-state index in [1.165, 1.54) is 0 Å². The third kappa shape index (κ3) is 4.47. The molecule has 154 valence electrons. The number of hydrogen-bond acceptors (Lipinski definition) is 3. The van der Waals surface area contributed by atoms with Crippen molar-refractivity contribution in [2.45, 2.75) is 45.3 Å². The quantitative estimate of drug-likeness (QED) is 0.650. The number of ether oxygens (including phenoxy) is 1. The van der Waals surface area contributed by atoms with Crippen molar-refractivity contribution in [2.24, 2.45) is 11.1 Å². The standard InChI is InChI=1S/C23H27BrN2O3/c1-16(17-9-11-19(24)12-10-17)26-14-13-23(29-21(26)28,15-22(2,3)20(25)27)18-7-5-4-6-8-18/h4-12,16H,13-15H2,1-3H3,(H2,25,27)/t16-,23-/m0/s1. The summed E-state index contributed by atoms with van der Waals surface area (Å²) in [5, 5.41) is 0. The van der Waals surface area contributed by atoms with Crippen LogP contribution in [0.5, 0.6) is 0 Å². The molecule has 1 fully saturated rings. The van der Waals surface area contributed by atoms with Gasteiger partial charge in [-0.3, -0.25) is 4.79 Å². The summed E-state index contributed by atoms with van der Waals surface area (Å²) in [6.45, 7) is 6.11. The fourth-order valence-corrected chi connectivity index (χ4v) is 4.18. The van der Waals surface area contributed by atoms with Crippen LogP contribution in [0.2, 0.25) is 0 Å². The van der Waals surface area contributed by atoms with E-state index in [2.05, 4.69) is 15.9 Å². The number of rotatable bonds is 6. The predicted octanol–water partition coefficient (Wildman–Crippen LogP) is 5.15. The van der Waals surface area contributed by atoms with E-state index in [1.54, 1.807) is 18.7 Å². The maximum atomic E-state index is 13.1. The van der Waals surface area contributed by atoms with Crippen LogP contribution >= 0.6 is 15.9 Å². The third-order valence-corrected chi connectivity index (χ3v) is 6.32. The number of carbonyl (C=O) groups excluding carboxylic acids is 2. The molecule has 2 atom stereocenters. The van der Waals surface area contributed by atoms with Crippen LogP contribution in [-0.2, 0) is 15.1 Å². The van der Waals surface area contributed by atoms with Gasteiger partial charge in [0.2, 0.25) is 5.91 Å². The number of primary amides is 1. The first-order chi connectivity index (χ1) is 13.6. The summed E-state index contributed by atoms with van der Waals surface area (Å²) in [5.41, 5.74) is 5.86. The van der Waals surface area contributed by atoms with Crippen molar-refractivity contribution in [2.75, 3.05) is 6.54 Å². The Labute approximate surface area is 180 Å². The molecule has 2 aromatic rings. The first-order valence-electron chi connectivity index (χ1n) is 9.75. The molecule has 1 saturated heterocycles. The number of amides is 2. The Bertz CT molecular complexity index is 883. The molecule has 2 amide bonds. The van der Waals surface area contributed by atoms with Crippen LogP contribution in [0.3, 0.4) is 0 Å². The highest BCUT2D eigenvalue weighted by Gasteiger charge is 2.48. The van der Waals surface area contributed by atoms with E-state index in [9.17, 15) is 9.59 Å². The molecular weight excluding hydrogens is 432 g/mol. The highest BCUT2D eigenvalue weighted by molar-refractivity contribution is 9.10. The van der Waals surface area contributed by atoms with E-state index < -0.39 is 16.9 Å². The van der Waals surface area contributed by atoms with Crippen molar-refractivity contribution in [3.63, 3.8) is 0 Å². The molecule has 2 aromatic carbocycles. The van der Waals surface area contributed by atoms with Crippen molar-refractivity contribution in [3.05, 3.63) is 70.2 Å². The van der Waals surface area contributed by atoms with Gasteiger partial charge in [0.25, 0.3) is 0 Å². The van der Waals surface area contributed by atoms with Gasteiger partial charge in [-0.05, 0) is 30.2 Å². The zero-order valence-electron chi connectivity index (χ0n) is 17.0. The molecule has 1 aliphatic heterocycles. The number of carbonyl (C=O) groups is 2. The third-order valence-electron chi connectivity index (χ3n) is 5.79. The second kappa shape index (κ2) is 8.19. The topological polar surface area (TPSA) is 72.6 Å². The molecule has 0 radical (unpaired) electrons. The fraction of sp³-hybridized carbons (Fsp3) is 0.391. The lowest BCUT2D eigenvalue weighted by molar-refractivity contribution is -0.133. The molecule has 3 rings (SSSR count). The summed E-state index contributed by atoms with van der Waals surface area (Å²) in [6.07, 6.45) is 0.544.